The third kappa shape index (κ3) is 4.87. The third-order valence-corrected chi connectivity index (χ3v) is 3.83. The lowest BCUT2D eigenvalue weighted by Gasteiger charge is -2.28. The van der Waals surface area contributed by atoms with Crippen molar-refractivity contribution in [2.24, 2.45) is 5.92 Å². The molecule has 0 aliphatic carbocycles. The van der Waals surface area contributed by atoms with Gasteiger partial charge in [-0.2, -0.15) is 0 Å². The number of hydrogen-bond donors (Lipinski definition) is 1. The van der Waals surface area contributed by atoms with Gasteiger partial charge in [-0.05, 0) is 69.7 Å². The molecular weight excluding hydrogens is 234 g/mol. The molecule has 1 aliphatic rings. The standard InChI is InChI=1S/C17H27NO/c1-13(2)19-17-8-5-15(6-9-17)4-7-16-12-14(3)10-11-18-16/h5-6,8-9,13-14,16,18H,4,7,10-12H2,1-3H3. The van der Waals surface area contributed by atoms with Gasteiger partial charge in [0, 0.05) is 6.04 Å². The molecule has 1 heterocycles. The van der Waals surface area contributed by atoms with Crippen LogP contribution in [0, 0.1) is 5.92 Å². The summed E-state index contributed by atoms with van der Waals surface area (Å²) in [7, 11) is 0. The topological polar surface area (TPSA) is 21.3 Å². The molecule has 0 aromatic heterocycles. The molecule has 2 heteroatoms. The highest BCUT2D eigenvalue weighted by atomic mass is 16.5. The first kappa shape index (κ1) is 14.4. The van der Waals surface area contributed by atoms with Crippen molar-refractivity contribution in [3.8, 4) is 5.75 Å². The number of rotatable bonds is 5. The van der Waals surface area contributed by atoms with Crippen molar-refractivity contribution in [1.82, 2.24) is 5.32 Å². The summed E-state index contributed by atoms with van der Waals surface area (Å²) in [5.41, 5.74) is 1.41. The maximum absolute atomic E-state index is 5.67. The van der Waals surface area contributed by atoms with Crippen LogP contribution in [-0.4, -0.2) is 18.7 Å². The van der Waals surface area contributed by atoms with Crippen LogP contribution in [0.3, 0.4) is 0 Å². The van der Waals surface area contributed by atoms with Crippen LogP contribution in [0.2, 0.25) is 0 Å². The molecule has 0 amide bonds. The van der Waals surface area contributed by atoms with Crippen LogP contribution in [0.15, 0.2) is 24.3 Å². The summed E-state index contributed by atoms with van der Waals surface area (Å²) >= 11 is 0. The molecule has 1 saturated heterocycles. The lowest BCUT2D eigenvalue weighted by molar-refractivity contribution is 0.242. The van der Waals surface area contributed by atoms with Crippen molar-refractivity contribution < 1.29 is 4.74 Å². The van der Waals surface area contributed by atoms with Gasteiger partial charge in [0.25, 0.3) is 0 Å². The van der Waals surface area contributed by atoms with Crippen LogP contribution in [0.5, 0.6) is 5.75 Å². The SMILES string of the molecule is CC1CCNC(CCc2ccc(OC(C)C)cc2)C1. The zero-order valence-corrected chi connectivity index (χ0v) is 12.5. The second-order valence-corrected chi connectivity index (χ2v) is 6.13. The quantitative estimate of drug-likeness (QED) is 0.870. The fraction of sp³-hybridized carbons (Fsp3) is 0.647. The molecular formula is C17H27NO. The summed E-state index contributed by atoms with van der Waals surface area (Å²) in [6, 6.07) is 9.28. The van der Waals surface area contributed by atoms with Crippen molar-refractivity contribution in [2.75, 3.05) is 6.54 Å². The van der Waals surface area contributed by atoms with E-state index in [0.29, 0.717) is 6.04 Å². The lowest BCUT2D eigenvalue weighted by atomic mass is 9.91. The predicted octanol–water partition coefficient (Wildman–Crippen LogP) is 3.79. The van der Waals surface area contributed by atoms with Crippen LogP contribution in [0.25, 0.3) is 0 Å². The van der Waals surface area contributed by atoms with Crippen molar-refractivity contribution in [1.29, 1.82) is 0 Å². The molecule has 0 radical (unpaired) electrons. The predicted molar refractivity (Wildman–Crippen MR) is 80.7 cm³/mol. The van der Waals surface area contributed by atoms with Crippen LogP contribution >= 0.6 is 0 Å². The van der Waals surface area contributed by atoms with E-state index in [2.05, 4.69) is 50.4 Å². The average molecular weight is 261 g/mol. The Morgan fingerprint density at radius 3 is 2.63 bits per heavy atom. The molecule has 0 bridgehead atoms. The molecule has 1 N–H and O–H groups in total. The zero-order chi connectivity index (χ0) is 13.7. The van der Waals surface area contributed by atoms with E-state index in [1.807, 2.05) is 0 Å². The second-order valence-electron chi connectivity index (χ2n) is 6.13. The van der Waals surface area contributed by atoms with Crippen LogP contribution < -0.4 is 10.1 Å². The smallest absolute Gasteiger partial charge is 0.119 e. The number of hydrogen-bond acceptors (Lipinski definition) is 2. The average Bonchev–Trinajstić information content (AvgIpc) is 2.37. The van der Waals surface area contributed by atoms with Crippen molar-refractivity contribution in [3.63, 3.8) is 0 Å². The van der Waals surface area contributed by atoms with E-state index < -0.39 is 0 Å². The van der Waals surface area contributed by atoms with E-state index in [0.717, 1.165) is 18.1 Å². The number of ether oxygens (including phenoxy) is 1. The second kappa shape index (κ2) is 6.95. The number of aryl methyl sites for hydroxylation is 1. The summed E-state index contributed by atoms with van der Waals surface area (Å²) in [5, 5.41) is 3.63. The third-order valence-electron chi connectivity index (χ3n) is 3.83. The molecule has 1 aromatic carbocycles. The molecule has 2 nitrogen and oxygen atoms in total. The van der Waals surface area contributed by atoms with Gasteiger partial charge in [0.15, 0.2) is 0 Å². The molecule has 1 aromatic rings. The Balaban J connectivity index is 1.79. The molecule has 1 aliphatic heterocycles. The van der Waals surface area contributed by atoms with Crippen LogP contribution in [0.4, 0.5) is 0 Å². The Hall–Kier alpha value is -1.02. The fourth-order valence-corrected chi connectivity index (χ4v) is 2.79. The summed E-state index contributed by atoms with van der Waals surface area (Å²) in [4.78, 5) is 0. The van der Waals surface area contributed by atoms with E-state index in [-0.39, 0.29) is 6.10 Å². The first-order valence-corrected chi connectivity index (χ1v) is 7.62. The fourth-order valence-electron chi connectivity index (χ4n) is 2.79. The van der Waals surface area contributed by atoms with Gasteiger partial charge >= 0.3 is 0 Å². The Kier molecular flexibility index (Phi) is 5.26. The number of nitrogens with one attached hydrogen (secondary N) is 1. The minimum absolute atomic E-state index is 0.249. The molecule has 2 atom stereocenters. The Morgan fingerprint density at radius 1 is 1.26 bits per heavy atom. The van der Waals surface area contributed by atoms with Gasteiger partial charge in [0.05, 0.1) is 6.10 Å². The van der Waals surface area contributed by atoms with Gasteiger partial charge in [-0.1, -0.05) is 19.1 Å². The molecule has 0 spiro atoms. The summed E-state index contributed by atoms with van der Waals surface area (Å²) in [6.45, 7) is 7.67. The molecule has 0 saturated carbocycles. The zero-order valence-electron chi connectivity index (χ0n) is 12.5. The van der Waals surface area contributed by atoms with Gasteiger partial charge in [0.2, 0.25) is 0 Å². The summed E-state index contributed by atoms with van der Waals surface area (Å²) in [5.74, 6) is 1.86. The maximum atomic E-state index is 5.67. The lowest BCUT2D eigenvalue weighted by Crippen LogP contribution is -2.37. The van der Waals surface area contributed by atoms with E-state index in [1.165, 1.54) is 31.4 Å². The largest absolute Gasteiger partial charge is 0.491 e. The van der Waals surface area contributed by atoms with Gasteiger partial charge in [-0.25, -0.2) is 0 Å². The van der Waals surface area contributed by atoms with Gasteiger partial charge in [-0.3, -0.25) is 0 Å². The number of piperidine rings is 1. The monoisotopic (exact) mass is 261 g/mol. The van der Waals surface area contributed by atoms with Crippen LogP contribution in [-0.2, 0) is 6.42 Å². The molecule has 2 rings (SSSR count). The Bertz CT molecular complexity index is 371. The first-order valence-electron chi connectivity index (χ1n) is 7.62. The Morgan fingerprint density at radius 2 is 2.00 bits per heavy atom. The van der Waals surface area contributed by atoms with E-state index in [1.54, 1.807) is 0 Å². The van der Waals surface area contributed by atoms with E-state index >= 15 is 0 Å². The molecule has 2 unspecified atom stereocenters. The summed E-state index contributed by atoms with van der Waals surface area (Å²) in [6.07, 6.45) is 5.31. The Labute approximate surface area is 117 Å². The highest BCUT2D eigenvalue weighted by molar-refractivity contribution is 5.27. The highest BCUT2D eigenvalue weighted by Gasteiger charge is 2.17. The minimum Gasteiger partial charge on any atom is -0.491 e. The first-order chi connectivity index (χ1) is 9.13. The van der Waals surface area contributed by atoms with Crippen molar-refractivity contribution in [2.45, 2.75) is 58.6 Å². The maximum Gasteiger partial charge on any atom is 0.119 e. The highest BCUT2D eigenvalue weighted by Crippen LogP contribution is 2.20. The van der Waals surface area contributed by atoms with Crippen LogP contribution in [0.1, 0.15) is 45.6 Å². The van der Waals surface area contributed by atoms with E-state index in [9.17, 15) is 0 Å². The van der Waals surface area contributed by atoms with Gasteiger partial charge in [-0.15, -0.1) is 0 Å². The molecule has 106 valence electrons. The summed E-state index contributed by atoms with van der Waals surface area (Å²) < 4.78 is 5.67. The van der Waals surface area contributed by atoms with Crippen molar-refractivity contribution >= 4 is 0 Å². The normalized spacial score (nSPS) is 23.6. The van der Waals surface area contributed by atoms with Gasteiger partial charge < -0.3 is 10.1 Å². The molecule has 1 fully saturated rings. The van der Waals surface area contributed by atoms with E-state index in [4.69, 9.17) is 4.74 Å². The molecule has 19 heavy (non-hydrogen) atoms. The minimum atomic E-state index is 0.249. The number of benzene rings is 1. The van der Waals surface area contributed by atoms with Crippen molar-refractivity contribution in [3.05, 3.63) is 29.8 Å². The van der Waals surface area contributed by atoms with Gasteiger partial charge in [0.1, 0.15) is 5.75 Å².